The van der Waals surface area contributed by atoms with Gasteiger partial charge in [0.1, 0.15) is 11.0 Å². The number of nitrogens with one attached hydrogen (secondary N) is 1. The number of carbonyl (C=O) groups excluding carboxylic acids is 1. The number of amides is 1. The van der Waals surface area contributed by atoms with E-state index in [1.54, 1.807) is 29.0 Å². The number of hydrogen-bond acceptors (Lipinski definition) is 4. The van der Waals surface area contributed by atoms with E-state index >= 15 is 0 Å². The van der Waals surface area contributed by atoms with E-state index in [9.17, 15) is 14.4 Å². The molecule has 0 saturated heterocycles. The summed E-state index contributed by atoms with van der Waals surface area (Å²) in [5.41, 5.74) is 5.10. The molecule has 3 heterocycles. The Morgan fingerprint density at radius 1 is 1.24 bits per heavy atom. The monoisotopic (exact) mass is 577 g/mol. The second-order valence-corrected chi connectivity index (χ2v) is 10.0. The lowest BCUT2D eigenvalue weighted by Gasteiger charge is -2.27. The van der Waals surface area contributed by atoms with Gasteiger partial charge in [-0.05, 0) is 59.2 Å². The van der Waals surface area contributed by atoms with Crippen LogP contribution >= 0.6 is 27.5 Å². The van der Waals surface area contributed by atoms with Crippen molar-refractivity contribution in [3.8, 4) is 6.07 Å². The van der Waals surface area contributed by atoms with Crippen LogP contribution in [0.25, 0.3) is 17.0 Å². The smallest absolute Gasteiger partial charge is 0.326 e. The molecule has 6 nitrogen and oxygen atoms in total. The fraction of sp³-hybridized carbons (Fsp3) is 0.179. The van der Waals surface area contributed by atoms with Gasteiger partial charge >= 0.3 is 6.03 Å². The molecule has 0 atom stereocenters. The summed E-state index contributed by atoms with van der Waals surface area (Å²) < 4.78 is 15.8. The van der Waals surface area contributed by atoms with Crippen LogP contribution in [0.15, 0.2) is 65.3 Å². The maximum absolute atomic E-state index is 13.4. The molecule has 0 fully saturated rings. The summed E-state index contributed by atoms with van der Waals surface area (Å²) in [6, 6.07) is 15.6. The highest BCUT2D eigenvalue weighted by molar-refractivity contribution is 9.10. The number of carbonyl (C=O) groups is 1. The lowest BCUT2D eigenvalue weighted by molar-refractivity contribution is 0.240. The summed E-state index contributed by atoms with van der Waals surface area (Å²) in [6.07, 6.45) is 6.32. The zero-order chi connectivity index (χ0) is 25.9. The number of pyridine rings is 1. The van der Waals surface area contributed by atoms with E-state index in [2.05, 4.69) is 43.3 Å². The highest BCUT2D eigenvalue weighted by Gasteiger charge is 2.26. The van der Waals surface area contributed by atoms with Crippen molar-refractivity contribution in [2.24, 2.45) is 0 Å². The molecule has 37 heavy (non-hydrogen) atoms. The molecule has 186 valence electrons. The van der Waals surface area contributed by atoms with Crippen LogP contribution in [-0.2, 0) is 19.5 Å². The Morgan fingerprint density at radius 3 is 2.89 bits per heavy atom. The Morgan fingerprint density at radius 2 is 2.11 bits per heavy atom. The topological polar surface area (TPSA) is 74.0 Å². The van der Waals surface area contributed by atoms with Gasteiger partial charge in [-0.3, -0.25) is 9.47 Å². The molecule has 1 N–H and O–H groups in total. The number of fused-ring (bicyclic) bond motifs is 3. The van der Waals surface area contributed by atoms with Gasteiger partial charge < -0.3 is 5.32 Å². The molecule has 0 radical (unpaired) electrons. The third-order valence-corrected chi connectivity index (χ3v) is 7.31. The summed E-state index contributed by atoms with van der Waals surface area (Å²) in [4.78, 5) is 19.6. The van der Waals surface area contributed by atoms with Crippen molar-refractivity contribution in [2.75, 3.05) is 13.1 Å². The number of aromatic nitrogens is 2. The number of benzene rings is 2. The molecule has 2 aromatic heterocycles. The SMILES string of the molecule is N#Cc1ccc2c(c1)c1c(n2C(=O)NCc2ccnc(Cl)c2)CCN(C/C=C/c2ccc(F)cc2Br)C1. The Bertz CT molecular complexity index is 1580. The Labute approximate surface area is 227 Å². The quantitative estimate of drug-likeness (QED) is 0.282. The van der Waals surface area contributed by atoms with Crippen LogP contribution in [-0.4, -0.2) is 33.6 Å². The summed E-state index contributed by atoms with van der Waals surface area (Å²) >= 11 is 9.38. The third-order valence-electron chi connectivity index (χ3n) is 6.42. The van der Waals surface area contributed by atoms with Crippen molar-refractivity contribution in [1.82, 2.24) is 19.8 Å². The van der Waals surface area contributed by atoms with Gasteiger partial charge in [0, 0.05) is 54.3 Å². The van der Waals surface area contributed by atoms with Gasteiger partial charge in [-0.1, -0.05) is 45.7 Å². The van der Waals surface area contributed by atoms with Gasteiger partial charge in [-0.2, -0.15) is 5.26 Å². The van der Waals surface area contributed by atoms with Crippen molar-refractivity contribution >= 4 is 50.5 Å². The normalized spacial score (nSPS) is 13.6. The first-order valence-electron chi connectivity index (χ1n) is 11.7. The average Bonchev–Trinajstić information content (AvgIpc) is 3.21. The maximum Gasteiger partial charge on any atom is 0.326 e. The molecular weight excluding hydrogens is 557 g/mol. The van der Waals surface area contributed by atoms with Crippen molar-refractivity contribution in [1.29, 1.82) is 5.26 Å². The van der Waals surface area contributed by atoms with Crippen molar-refractivity contribution in [2.45, 2.75) is 19.5 Å². The zero-order valence-corrected chi connectivity index (χ0v) is 22.1. The highest BCUT2D eigenvalue weighted by Crippen LogP contribution is 2.32. The van der Waals surface area contributed by atoms with E-state index < -0.39 is 0 Å². The Kier molecular flexibility index (Phi) is 7.38. The summed E-state index contributed by atoms with van der Waals surface area (Å²) in [5.74, 6) is -0.283. The lowest BCUT2D eigenvalue weighted by Crippen LogP contribution is -2.34. The first-order valence-corrected chi connectivity index (χ1v) is 12.9. The molecule has 9 heteroatoms. The standard InChI is InChI=1S/C28H22BrClFN5O/c29-24-14-21(31)5-4-20(24)2-1-10-35-11-8-26-23(17-35)22-12-18(15-32)3-6-25(22)36(26)28(37)34-16-19-7-9-33-27(30)13-19/h1-7,9,12-14H,8,10-11,16-17H2,(H,34,37)/b2-1+. The van der Waals surface area contributed by atoms with Gasteiger partial charge in [0.15, 0.2) is 0 Å². The van der Waals surface area contributed by atoms with E-state index in [-0.39, 0.29) is 11.8 Å². The largest absolute Gasteiger partial charge is 0.333 e. The minimum atomic E-state index is -0.283. The molecule has 2 aromatic carbocycles. The fourth-order valence-electron chi connectivity index (χ4n) is 4.65. The second-order valence-electron chi connectivity index (χ2n) is 8.80. The number of rotatable bonds is 5. The molecule has 4 aromatic rings. The van der Waals surface area contributed by atoms with Crippen LogP contribution in [0.4, 0.5) is 9.18 Å². The maximum atomic E-state index is 13.4. The van der Waals surface area contributed by atoms with E-state index in [0.717, 1.165) is 39.8 Å². The minimum Gasteiger partial charge on any atom is -0.333 e. The molecule has 0 unspecified atom stereocenters. The predicted octanol–water partition coefficient (Wildman–Crippen LogP) is 6.29. The van der Waals surface area contributed by atoms with Crippen LogP contribution < -0.4 is 5.32 Å². The molecule has 1 aliphatic heterocycles. The molecule has 0 spiro atoms. The molecule has 0 saturated carbocycles. The third kappa shape index (κ3) is 5.44. The second kappa shape index (κ2) is 10.9. The number of nitriles is 1. The van der Waals surface area contributed by atoms with E-state index in [0.29, 0.717) is 41.2 Å². The van der Waals surface area contributed by atoms with Gasteiger partial charge in [0.25, 0.3) is 0 Å². The lowest BCUT2D eigenvalue weighted by atomic mass is 10.0. The molecule has 1 amide bonds. The first-order chi connectivity index (χ1) is 17.9. The first kappa shape index (κ1) is 25.2. The zero-order valence-electron chi connectivity index (χ0n) is 19.7. The van der Waals surface area contributed by atoms with E-state index in [1.807, 2.05) is 24.3 Å². The van der Waals surface area contributed by atoms with Crippen molar-refractivity contribution in [3.05, 3.63) is 104 Å². The Balaban J connectivity index is 1.39. The van der Waals surface area contributed by atoms with Crippen molar-refractivity contribution in [3.63, 3.8) is 0 Å². The average molecular weight is 579 g/mol. The number of hydrogen-bond donors (Lipinski definition) is 1. The van der Waals surface area contributed by atoms with Gasteiger partial charge in [-0.15, -0.1) is 0 Å². The molecular formula is C28H22BrClFN5O. The minimum absolute atomic E-state index is 0.224. The number of halogens is 3. The van der Waals surface area contributed by atoms with Gasteiger partial charge in [-0.25, -0.2) is 14.2 Å². The summed E-state index contributed by atoms with van der Waals surface area (Å²) in [5, 5.41) is 13.7. The Hall–Kier alpha value is -3.51. The molecule has 5 rings (SSSR count). The van der Waals surface area contributed by atoms with Crippen LogP contribution in [0.5, 0.6) is 0 Å². The molecule has 0 bridgehead atoms. The van der Waals surface area contributed by atoms with Gasteiger partial charge in [0.05, 0.1) is 17.1 Å². The van der Waals surface area contributed by atoms with E-state index in [1.165, 1.54) is 12.1 Å². The van der Waals surface area contributed by atoms with Crippen LogP contribution in [0.2, 0.25) is 5.15 Å². The van der Waals surface area contributed by atoms with Crippen molar-refractivity contribution < 1.29 is 9.18 Å². The van der Waals surface area contributed by atoms with Crippen LogP contribution in [0, 0.1) is 17.1 Å². The van der Waals surface area contributed by atoms with Crippen LogP contribution in [0.3, 0.4) is 0 Å². The summed E-state index contributed by atoms with van der Waals surface area (Å²) in [7, 11) is 0. The molecule has 0 aliphatic carbocycles. The van der Waals surface area contributed by atoms with Crippen LogP contribution in [0.1, 0.15) is 27.9 Å². The highest BCUT2D eigenvalue weighted by atomic mass is 79.9. The van der Waals surface area contributed by atoms with Gasteiger partial charge in [0.2, 0.25) is 0 Å². The fourth-order valence-corrected chi connectivity index (χ4v) is 5.33. The predicted molar refractivity (Wildman–Crippen MR) is 146 cm³/mol. The molecule has 1 aliphatic rings. The number of nitrogens with zero attached hydrogens (tertiary/aromatic N) is 4. The summed E-state index contributed by atoms with van der Waals surface area (Å²) in [6.45, 7) is 2.44. The van der Waals surface area contributed by atoms with E-state index in [4.69, 9.17) is 11.6 Å².